The Kier molecular flexibility index (Phi) is 4.78. The van der Waals surface area contributed by atoms with Crippen molar-refractivity contribution in [1.82, 2.24) is 4.98 Å². The van der Waals surface area contributed by atoms with Crippen molar-refractivity contribution in [3.8, 4) is 11.6 Å². The Morgan fingerprint density at radius 1 is 1.14 bits per heavy atom. The number of aromatic nitrogens is 1. The fourth-order valence-electron chi connectivity index (χ4n) is 3.85. The van der Waals surface area contributed by atoms with Gasteiger partial charge < -0.3 is 14.4 Å². The molecule has 1 aromatic carbocycles. The summed E-state index contributed by atoms with van der Waals surface area (Å²) in [7, 11) is 0. The van der Waals surface area contributed by atoms with Crippen LogP contribution in [0.5, 0.6) is 11.6 Å². The van der Waals surface area contributed by atoms with E-state index in [2.05, 4.69) is 20.9 Å². The molecule has 7 heteroatoms. The van der Waals surface area contributed by atoms with Crippen LogP contribution < -0.4 is 14.4 Å². The summed E-state index contributed by atoms with van der Waals surface area (Å²) in [6, 6.07) is 7.32. The van der Waals surface area contributed by atoms with Crippen LogP contribution >= 0.6 is 15.9 Å². The Bertz CT molecular complexity index is 972. The third kappa shape index (κ3) is 3.75. The summed E-state index contributed by atoms with van der Waals surface area (Å²) < 4.78 is 12.4. The highest BCUT2D eigenvalue weighted by Gasteiger charge is 2.35. The van der Waals surface area contributed by atoms with Gasteiger partial charge in [0, 0.05) is 41.2 Å². The van der Waals surface area contributed by atoms with Gasteiger partial charge in [0.2, 0.25) is 5.88 Å². The maximum absolute atomic E-state index is 12.9. The minimum absolute atomic E-state index is 0.101. The maximum atomic E-state index is 12.9. The topological polar surface area (TPSA) is 68.7 Å². The SMILES string of the molecule is O=C1CCc2c(Br)cc(N3CCC(Oc4ccc(OCC5CC5)nc4)C3=O)cc21. The molecule has 0 N–H and O–H groups in total. The zero-order valence-electron chi connectivity index (χ0n) is 15.9. The van der Waals surface area contributed by atoms with Gasteiger partial charge in [-0.15, -0.1) is 0 Å². The van der Waals surface area contributed by atoms with E-state index < -0.39 is 6.10 Å². The van der Waals surface area contributed by atoms with E-state index in [9.17, 15) is 9.59 Å². The highest BCUT2D eigenvalue weighted by molar-refractivity contribution is 9.10. The molecule has 1 saturated carbocycles. The number of ketones is 1. The van der Waals surface area contributed by atoms with Gasteiger partial charge in [0.15, 0.2) is 11.9 Å². The summed E-state index contributed by atoms with van der Waals surface area (Å²) >= 11 is 3.55. The first kappa shape index (κ1) is 18.6. The van der Waals surface area contributed by atoms with E-state index in [0.717, 1.165) is 27.7 Å². The summed E-state index contributed by atoms with van der Waals surface area (Å²) in [6.07, 6.45) is 5.38. The Hall–Kier alpha value is -2.41. The Morgan fingerprint density at radius 3 is 2.76 bits per heavy atom. The van der Waals surface area contributed by atoms with E-state index in [1.165, 1.54) is 12.8 Å². The quantitative estimate of drug-likeness (QED) is 0.658. The lowest BCUT2D eigenvalue weighted by atomic mass is 10.1. The van der Waals surface area contributed by atoms with E-state index in [4.69, 9.17) is 9.47 Å². The molecule has 2 aromatic rings. The first-order valence-electron chi connectivity index (χ1n) is 10.0. The van der Waals surface area contributed by atoms with E-state index in [1.54, 1.807) is 23.2 Å². The smallest absolute Gasteiger partial charge is 0.268 e. The number of halogens is 1. The van der Waals surface area contributed by atoms with Gasteiger partial charge in [0.05, 0.1) is 12.8 Å². The fraction of sp³-hybridized carbons (Fsp3) is 0.409. The molecule has 2 fully saturated rings. The predicted molar refractivity (Wildman–Crippen MR) is 111 cm³/mol. The first-order chi connectivity index (χ1) is 14.1. The Balaban J connectivity index is 1.26. The molecule has 1 aromatic heterocycles. The van der Waals surface area contributed by atoms with E-state index in [1.807, 2.05) is 12.1 Å². The molecule has 2 heterocycles. The van der Waals surface area contributed by atoms with Crippen LogP contribution in [-0.4, -0.2) is 35.9 Å². The maximum Gasteiger partial charge on any atom is 0.268 e. The molecule has 0 bridgehead atoms. The second-order valence-electron chi connectivity index (χ2n) is 7.85. The Labute approximate surface area is 177 Å². The molecule has 5 rings (SSSR count). The fourth-order valence-corrected chi connectivity index (χ4v) is 4.49. The summed E-state index contributed by atoms with van der Waals surface area (Å²) in [4.78, 5) is 31.0. The monoisotopic (exact) mass is 456 g/mol. The van der Waals surface area contributed by atoms with Crippen LogP contribution in [-0.2, 0) is 11.2 Å². The summed E-state index contributed by atoms with van der Waals surface area (Å²) in [6.45, 7) is 1.26. The molecule has 150 valence electrons. The first-order valence-corrected chi connectivity index (χ1v) is 10.8. The average molecular weight is 457 g/mol. The molecular formula is C22H21BrN2O4. The standard InChI is InChI=1S/C22H21BrN2O4/c23-18-10-14(9-17-16(18)4-5-19(17)26)25-8-7-20(22(25)27)29-15-3-6-21(24-11-15)28-12-13-1-2-13/h3,6,9-11,13,20H,1-2,4-5,7-8,12H2. The number of hydrogen-bond donors (Lipinski definition) is 0. The molecule has 2 aliphatic carbocycles. The molecular weight excluding hydrogens is 436 g/mol. The van der Waals surface area contributed by atoms with Crippen LogP contribution in [0.4, 0.5) is 5.69 Å². The number of carbonyl (C=O) groups is 2. The minimum Gasteiger partial charge on any atom is -0.479 e. The lowest BCUT2D eigenvalue weighted by molar-refractivity contribution is -0.122. The second-order valence-corrected chi connectivity index (χ2v) is 8.70. The summed E-state index contributed by atoms with van der Waals surface area (Å²) in [5.41, 5.74) is 2.50. The predicted octanol–water partition coefficient (Wildman–Crippen LogP) is 3.95. The van der Waals surface area contributed by atoms with Gasteiger partial charge in [-0.2, -0.15) is 0 Å². The number of nitrogens with zero attached hydrogens (tertiary/aromatic N) is 2. The van der Waals surface area contributed by atoms with E-state index >= 15 is 0 Å². The van der Waals surface area contributed by atoms with Crippen molar-refractivity contribution in [2.45, 2.75) is 38.2 Å². The molecule has 1 unspecified atom stereocenters. The number of anilines is 1. The summed E-state index contributed by atoms with van der Waals surface area (Å²) in [5.74, 6) is 1.84. The van der Waals surface area contributed by atoms with Crippen molar-refractivity contribution < 1.29 is 19.1 Å². The van der Waals surface area contributed by atoms with Crippen LogP contribution in [0.25, 0.3) is 0 Å². The number of pyridine rings is 1. The largest absolute Gasteiger partial charge is 0.479 e. The van der Waals surface area contributed by atoms with Crippen molar-refractivity contribution in [1.29, 1.82) is 0 Å². The van der Waals surface area contributed by atoms with Crippen LogP contribution in [0.15, 0.2) is 34.9 Å². The molecule has 0 radical (unpaired) electrons. The van der Waals surface area contributed by atoms with Crippen LogP contribution in [0, 0.1) is 5.92 Å². The number of fused-ring (bicyclic) bond motifs is 1. The van der Waals surface area contributed by atoms with E-state index in [0.29, 0.717) is 43.5 Å². The van der Waals surface area contributed by atoms with Crippen molar-refractivity contribution >= 4 is 33.3 Å². The number of hydrogen-bond acceptors (Lipinski definition) is 5. The highest BCUT2D eigenvalue weighted by Crippen LogP contribution is 2.35. The molecule has 29 heavy (non-hydrogen) atoms. The number of amides is 1. The van der Waals surface area contributed by atoms with Crippen LogP contribution in [0.3, 0.4) is 0 Å². The lowest BCUT2D eigenvalue weighted by Gasteiger charge is -2.19. The normalized spacial score (nSPS) is 20.9. The van der Waals surface area contributed by atoms with Crippen molar-refractivity contribution in [2.75, 3.05) is 18.1 Å². The highest BCUT2D eigenvalue weighted by atomic mass is 79.9. The number of ether oxygens (including phenoxy) is 2. The third-order valence-corrected chi connectivity index (χ3v) is 6.41. The van der Waals surface area contributed by atoms with Crippen molar-refractivity contribution in [3.05, 3.63) is 46.1 Å². The number of carbonyl (C=O) groups excluding carboxylic acids is 2. The van der Waals surface area contributed by atoms with Gasteiger partial charge in [-0.3, -0.25) is 9.59 Å². The molecule has 1 amide bonds. The molecule has 6 nitrogen and oxygen atoms in total. The van der Waals surface area contributed by atoms with Gasteiger partial charge in [-0.05, 0) is 48.9 Å². The van der Waals surface area contributed by atoms with Gasteiger partial charge in [0.1, 0.15) is 5.75 Å². The molecule has 1 aliphatic heterocycles. The van der Waals surface area contributed by atoms with Gasteiger partial charge in [0.25, 0.3) is 5.91 Å². The Morgan fingerprint density at radius 2 is 2.00 bits per heavy atom. The average Bonchev–Trinajstić information content (AvgIpc) is 3.38. The van der Waals surface area contributed by atoms with Crippen LogP contribution in [0.1, 0.15) is 41.6 Å². The zero-order valence-corrected chi connectivity index (χ0v) is 17.5. The van der Waals surface area contributed by atoms with Gasteiger partial charge in [-0.25, -0.2) is 4.98 Å². The van der Waals surface area contributed by atoms with Gasteiger partial charge in [-0.1, -0.05) is 15.9 Å². The lowest BCUT2D eigenvalue weighted by Crippen LogP contribution is -2.32. The van der Waals surface area contributed by atoms with Crippen molar-refractivity contribution in [2.24, 2.45) is 5.92 Å². The summed E-state index contributed by atoms with van der Waals surface area (Å²) in [5, 5.41) is 0. The van der Waals surface area contributed by atoms with Gasteiger partial charge >= 0.3 is 0 Å². The molecule has 3 aliphatic rings. The van der Waals surface area contributed by atoms with Crippen LogP contribution in [0.2, 0.25) is 0 Å². The molecule has 1 saturated heterocycles. The third-order valence-electron chi connectivity index (χ3n) is 5.70. The number of Topliss-reactive ketones (excluding diaryl/α,β-unsaturated/α-hetero) is 1. The zero-order chi connectivity index (χ0) is 20.0. The minimum atomic E-state index is -0.558. The molecule has 1 atom stereocenters. The second kappa shape index (κ2) is 7.44. The van der Waals surface area contributed by atoms with E-state index in [-0.39, 0.29) is 11.7 Å². The number of benzene rings is 1. The number of rotatable bonds is 6. The van der Waals surface area contributed by atoms with Crippen molar-refractivity contribution in [3.63, 3.8) is 0 Å². The molecule has 0 spiro atoms.